The van der Waals surface area contributed by atoms with Crippen molar-refractivity contribution in [3.8, 4) is 11.4 Å². The summed E-state index contributed by atoms with van der Waals surface area (Å²) < 4.78 is 7.04. The fourth-order valence-electron chi connectivity index (χ4n) is 2.49. The van der Waals surface area contributed by atoms with E-state index in [1.807, 2.05) is 31.3 Å². The number of ether oxygens (including phenoxy) is 1. The van der Waals surface area contributed by atoms with E-state index in [-0.39, 0.29) is 11.4 Å². The van der Waals surface area contributed by atoms with Crippen LogP contribution in [0.3, 0.4) is 0 Å². The summed E-state index contributed by atoms with van der Waals surface area (Å²) in [4.78, 5) is 16.2. The van der Waals surface area contributed by atoms with E-state index in [1.165, 1.54) is 0 Å². The van der Waals surface area contributed by atoms with Crippen LogP contribution in [0.1, 0.15) is 13.3 Å². The van der Waals surface area contributed by atoms with Crippen LogP contribution >= 0.6 is 0 Å². The first kappa shape index (κ1) is 15.5. The Morgan fingerprint density at radius 3 is 2.78 bits per heavy atom. The Hall–Kier alpha value is -2.41. The Kier molecular flexibility index (Phi) is 4.29. The monoisotopic (exact) mass is 315 g/mol. The van der Waals surface area contributed by atoms with Gasteiger partial charge in [0.25, 0.3) is 0 Å². The number of aryl methyl sites for hydroxylation is 1. The molecule has 2 aromatic rings. The molecule has 0 aliphatic carbocycles. The van der Waals surface area contributed by atoms with Gasteiger partial charge in [0, 0.05) is 36.9 Å². The van der Waals surface area contributed by atoms with Gasteiger partial charge in [-0.2, -0.15) is 5.10 Å². The van der Waals surface area contributed by atoms with Gasteiger partial charge in [0.1, 0.15) is 6.33 Å². The first-order valence-corrected chi connectivity index (χ1v) is 7.63. The van der Waals surface area contributed by atoms with Gasteiger partial charge in [-0.15, -0.1) is 0 Å². The number of urea groups is 1. The number of hydrogen-bond acceptors (Lipinski definition) is 4. The summed E-state index contributed by atoms with van der Waals surface area (Å²) in [6.45, 7) is 4.19. The lowest BCUT2D eigenvalue weighted by Crippen LogP contribution is -2.38. The molecular formula is C16H21N5O2. The minimum atomic E-state index is -0.207. The summed E-state index contributed by atoms with van der Waals surface area (Å²) in [6.07, 6.45) is 2.63. The maximum absolute atomic E-state index is 12.0. The molecule has 3 rings (SSSR count). The van der Waals surface area contributed by atoms with Crippen LogP contribution in [0.5, 0.6) is 0 Å². The Labute approximate surface area is 135 Å². The Morgan fingerprint density at radius 2 is 2.17 bits per heavy atom. The summed E-state index contributed by atoms with van der Waals surface area (Å²) in [5.41, 5.74) is 1.67. The molecule has 1 saturated heterocycles. The molecule has 0 spiro atoms. The molecule has 7 nitrogen and oxygen atoms in total. The summed E-state index contributed by atoms with van der Waals surface area (Å²) in [5, 5.41) is 9.98. The van der Waals surface area contributed by atoms with Crippen LogP contribution in [0.2, 0.25) is 0 Å². The Bertz CT molecular complexity index is 674. The molecule has 1 aromatic carbocycles. The molecule has 122 valence electrons. The molecule has 0 bridgehead atoms. The SMILES string of the molecule is Cn1cnc(-c2ccc(NC(=O)NCC3(C)CCOC3)cc2)n1. The van der Waals surface area contributed by atoms with E-state index in [0.717, 1.165) is 24.3 Å². The van der Waals surface area contributed by atoms with Crippen molar-refractivity contribution in [2.75, 3.05) is 25.1 Å². The maximum atomic E-state index is 12.0. The second kappa shape index (κ2) is 6.37. The lowest BCUT2D eigenvalue weighted by atomic mass is 9.90. The number of amides is 2. The van der Waals surface area contributed by atoms with E-state index in [9.17, 15) is 4.79 Å². The Balaban J connectivity index is 1.54. The minimum absolute atomic E-state index is 0.0336. The van der Waals surface area contributed by atoms with Gasteiger partial charge in [0.15, 0.2) is 5.82 Å². The number of anilines is 1. The van der Waals surface area contributed by atoms with Gasteiger partial charge in [-0.1, -0.05) is 6.92 Å². The van der Waals surface area contributed by atoms with Gasteiger partial charge < -0.3 is 15.4 Å². The molecule has 2 heterocycles. The number of aromatic nitrogens is 3. The number of benzene rings is 1. The van der Waals surface area contributed by atoms with Crippen molar-refractivity contribution in [3.63, 3.8) is 0 Å². The van der Waals surface area contributed by atoms with Crippen molar-refractivity contribution >= 4 is 11.7 Å². The smallest absolute Gasteiger partial charge is 0.319 e. The number of nitrogens with one attached hydrogen (secondary N) is 2. The highest BCUT2D eigenvalue weighted by Gasteiger charge is 2.29. The summed E-state index contributed by atoms with van der Waals surface area (Å²) in [7, 11) is 1.83. The molecular weight excluding hydrogens is 294 g/mol. The lowest BCUT2D eigenvalue weighted by Gasteiger charge is -2.21. The van der Waals surface area contributed by atoms with E-state index < -0.39 is 0 Å². The molecule has 1 fully saturated rings. The molecule has 2 N–H and O–H groups in total. The molecule has 23 heavy (non-hydrogen) atoms. The van der Waals surface area contributed by atoms with Crippen molar-refractivity contribution in [2.45, 2.75) is 13.3 Å². The molecule has 0 radical (unpaired) electrons. The third kappa shape index (κ3) is 3.87. The largest absolute Gasteiger partial charge is 0.381 e. The highest BCUT2D eigenvalue weighted by molar-refractivity contribution is 5.89. The van der Waals surface area contributed by atoms with Crippen LogP contribution < -0.4 is 10.6 Å². The zero-order chi connectivity index (χ0) is 16.3. The molecule has 1 unspecified atom stereocenters. The van der Waals surface area contributed by atoms with E-state index in [2.05, 4.69) is 27.6 Å². The van der Waals surface area contributed by atoms with Gasteiger partial charge in [0.05, 0.1) is 6.61 Å². The van der Waals surface area contributed by atoms with Crippen LogP contribution in [0.4, 0.5) is 10.5 Å². The number of carbonyl (C=O) groups excluding carboxylic acids is 1. The van der Waals surface area contributed by atoms with Crippen molar-refractivity contribution in [1.29, 1.82) is 0 Å². The summed E-state index contributed by atoms with van der Waals surface area (Å²) in [5.74, 6) is 0.664. The average molecular weight is 315 g/mol. The van der Waals surface area contributed by atoms with Crippen molar-refractivity contribution in [2.24, 2.45) is 12.5 Å². The minimum Gasteiger partial charge on any atom is -0.381 e. The van der Waals surface area contributed by atoms with Crippen molar-refractivity contribution < 1.29 is 9.53 Å². The second-order valence-electron chi connectivity index (χ2n) is 6.24. The fraction of sp³-hybridized carbons (Fsp3) is 0.438. The third-order valence-corrected chi connectivity index (χ3v) is 3.98. The predicted octanol–water partition coefficient (Wildman–Crippen LogP) is 2.03. The molecule has 2 amide bonds. The quantitative estimate of drug-likeness (QED) is 0.904. The first-order valence-electron chi connectivity index (χ1n) is 7.63. The van der Waals surface area contributed by atoms with Crippen LogP contribution in [0.25, 0.3) is 11.4 Å². The van der Waals surface area contributed by atoms with Gasteiger partial charge in [0.2, 0.25) is 0 Å². The van der Waals surface area contributed by atoms with Crippen LogP contribution in [-0.2, 0) is 11.8 Å². The standard InChI is InChI=1S/C16H21N5O2/c1-16(7-8-23-10-16)9-17-15(22)19-13-5-3-12(4-6-13)14-18-11-21(2)20-14/h3-6,11H,7-10H2,1-2H3,(H2,17,19,22). The van der Waals surface area contributed by atoms with E-state index in [1.54, 1.807) is 11.0 Å². The lowest BCUT2D eigenvalue weighted by molar-refractivity contribution is 0.159. The molecule has 1 aliphatic rings. The number of hydrogen-bond donors (Lipinski definition) is 2. The number of carbonyl (C=O) groups is 1. The van der Waals surface area contributed by atoms with Crippen molar-refractivity contribution in [3.05, 3.63) is 30.6 Å². The third-order valence-electron chi connectivity index (χ3n) is 3.98. The van der Waals surface area contributed by atoms with Crippen LogP contribution in [-0.4, -0.2) is 40.6 Å². The zero-order valence-electron chi connectivity index (χ0n) is 13.4. The van der Waals surface area contributed by atoms with Gasteiger partial charge >= 0.3 is 6.03 Å². The molecule has 1 aliphatic heterocycles. The fourth-order valence-corrected chi connectivity index (χ4v) is 2.49. The van der Waals surface area contributed by atoms with Gasteiger partial charge in [-0.25, -0.2) is 9.78 Å². The highest BCUT2D eigenvalue weighted by Crippen LogP contribution is 2.26. The number of nitrogens with zero attached hydrogens (tertiary/aromatic N) is 3. The second-order valence-corrected chi connectivity index (χ2v) is 6.24. The molecule has 1 atom stereocenters. The molecule has 1 aromatic heterocycles. The van der Waals surface area contributed by atoms with Gasteiger partial charge in [-0.05, 0) is 30.7 Å². The predicted molar refractivity (Wildman–Crippen MR) is 87.0 cm³/mol. The summed E-state index contributed by atoms with van der Waals surface area (Å²) in [6, 6.07) is 7.24. The first-order chi connectivity index (χ1) is 11.0. The van der Waals surface area contributed by atoms with E-state index in [4.69, 9.17) is 4.74 Å². The maximum Gasteiger partial charge on any atom is 0.319 e. The number of rotatable bonds is 4. The van der Waals surface area contributed by atoms with Crippen LogP contribution in [0.15, 0.2) is 30.6 Å². The topological polar surface area (TPSA) is 81.1 Å². The van der Waals surface area contributed by atoms with Crippen molar-refractivity contribution in [1.82, 2.24) is 20.1 Å². The Morgan fingerprint density at radius 1 is 1.39 bits per heavy atom. The normalized spacial score (nSPS) is 20.4. The van der Waals surface area contributed by atoms with E-state index in [0.29, 0.717) is 19.0 Å². The van der Waals surface area contributed by atoms with E-state index >= 15 is 0 Å². The molecule has 7 heteroatoms. The summed E-state index contributed by atoms with van der Waals surface area (Å²) >= 11 is 0. The van der Waals surface area contributed by atoms with Crippen LogP contribution in [0, 0.1) is 5.41 Å². The van der Waals surface area contributed by atoms with Gasteiger partial charge in [-0.3, -0.25) is 4.68 Å². The molecule has 0 saturated carbocycles. The average Bonchev–Trinajstić information content (AvgIpc) is 3.16. The highest BCUT2D eigenvalue weighted by atomic mass is 16.5. The zero-order valence-corrected chi connectivity index (χ0v) is 13.4.